The Hall–Kier alpha value is -6.45. The number of nitro groups is 2. The molecule has 6 rings (SSSR count). The van der Waals surface area contributed by atoms with Crippen LogP contribution in [0.1, 0.15) is 10.4 Å². The third-order valence-corrected chi connectivity index (χ3v) is 9.47. The van der Waals surface area contributed by atoms with Gasteiger partial charge in [0, 0.05) is 34.5 Å². The van der Waals surface area contributed by atoms with Crippen LogP contribution < -0.4 is 15.4 Å². The maximum atomic E-state index is 13.1. The Kier molecular flexibility index (Phi) is 9.10. The molecule has 0 atom stereocenters. The zero-order valence-electron chi connectivity index (χ0n) is 25.1. The van der Waals surface area contributed by atoms with Gasteiger partial charge in [0.25, 0.3) is 15.9 Å². The number of thiazole rings is 1. The molecule has 0 aliphatic rings. The van der Waals surface area contributed by atoms with E-state index in [-0.39, 0.29) is 21.3 Å². The molecule has 1 aromatic heterocycles. The zero-order chi connectivity index (χ0) is 34.5. The zero-order valence-corrected chi connectivity index (χ0v) is 26.8. The summed E-state index contributed by atoms with van der Waals surface area (Å²) in [6, 6.07) is 32.6. The van der Waals surface area contributed by atoms with Gasteiger partial charge in [-0.15, -0.1) is 11.3 Å². The van der Waals surface area contributed by atoms with Crippen LogP contribution in [0.15, 0.2) is 132 Å². The molecular weight excluding hydrogens is 669 g/mol. The Bertz CT molecular complexity index is 2250. The molecule has 5 aromatic carbocycles. The quantitative estimate of drug-likeness (QED) is 0.0891. The van der Waals surface area contributed by atoms with Gasteiger partial charge in [-0.1, -0.05) is 72.8 Å². The Balaban J connectivity index is 1.18. The van der Waals surface area contributed by atoms with E-state index in [1.165, 1.54) is 24.3 Å². The molecule has 0 radical (unpaired) electrons. The summed E-state index contributed by atoms with van der Waals surface area (Å²) in [6.45, 7) is 0. The highest BCUT2D eigenvalue weighted by molar-refractivity contribution is 7.93. The van der Waals surface area contributed by atoms with Gasteiger partial charge < -0.3 is 10.6 Å². The van der Waals surface area contributed by atoms with Crippen molar-refractivity contribution in [3.05, 3.63) is 152 Å². The average Bonchev–Trinajstić information content (AvgIpc) is 3.57. The third-order valence-electron chi connectivity index (χ3n) is 7.23. The number of nitrogens with one attached hydrogen (secondary N) is 3. The lowest BCUT2D eigenvalue weighted by Crippen LogP contribution is -2.15. The van der Waals surface area contributed by atoms with Crippen LogP contribution in [0.5, 0.6) is 0 Å². The van der Waals surface area contributed by atoms with Crippen LogP contribution in [-0.2, 0) is 10.0 Å². The molecule has 15 heteroatoms. The summed E-state index contributed by atoms with van der Waals surface area (Å²) < 4.78 is 28.4. The van der Waals surface area contributed by atoms with Crippen molar-refractivity contribution in [1.82, 2.24) is 4.98 Å². The fourth-order valence-corrected chi connectivity index (χ4v) is 6.81. The van der Waals surface area contributed by atoms with Gasteiger partial charge >= 0.3 is 11.4 Å². The number of anilines is 4. The van der Waals surface area contributed by atoms with Crippen LogP contribution >= 0.6 is 11.3 Å². The number of hydrogen-bond acceptors (Lipinski definition) is 10. The third kappa shape index (κ3) is 7.43. The van der Waals surface area contributed by atoms with Crippen molar-refractivity contribution in [2.75, 3.05) is 15.4 Å². The second-order valence-electron chi connectivity index (χ2n) is 10.5. The lowest BCUT2D eigenvalue weighted by molar-refractivity contribution is -0.392. The normalized spacial score (nSPS) is 11.0. The van der Waals surface area contributed by atoms with Crippen LogP contribution in [0.3, 0.4) is 0 Å². The van der Waals surface area contributed by atoms with E-state index in [9.17, 15) is 33.4 Å². The summed E-state index contributed by atoms with van der Waals surface area (Å²) in [5.74, 6) is -0.880. The van der Waals surface area contributed by atoms with Gasteiger partial charge in [0.15, 0.2) is 10.8 Å². The first-order chi connectivity index (χ1) is 23.6. The SMILES string of the molecule is O=C(Nc1ccc(S(=O)(=O)Nc2nc(-c3ccccc3)cs2)cc1)c1cc([N+](=O)[O-])c(Nc2ccc(-c3ccccc3)cc2)c([N+](=O)[O-])c1. The lowest BCUT2D eigenvalue weighted by atomic mass is 10.1. The van der Waals surface area contributed by atoms with Crippen molar-refractivity contribution in [1.29, 1.82) is 0 Å². The van der Waals surface area contributed by atoms with Gasteiger partial charge in [-0.3, -0.25) is 29.7 Å². The molecule has 1 heterocycles. The van der Waals surface area contributed by atoms with E-state index >= 15 is 0 Å². The molecule has 3 N–H and O–H groups in total. The minimum absolute atomic E-state index is 0.111. The molecule has 0 spiro atoms. The fraction of sp³-hybridized carbons (Fsp3) is 0. The number of hydrogen-bond donors (Lipinski definition) is 3. The standard InChI is InChI=1S/C34H24N6O7S2/c41-33(36-27-15-17-28(18-16-27)49(46,47)38-34-37-29(21-48-34)24-9-5-2-6-10-24)25-19-30(39(42)43)32(31(20-25)40(44)45)35-26-13-11-23(12-14-26)22-7-3-1-4-8-22/h1-21,35H,(H,36,41)(H,37,38). The monoisotopic (exact) mass is 692 g/mol. The number of aromatic nitrogens is 1. The van der Waals surface area contributed by atoms with E-state index in [1.807, 2.05) is 60.7 Å². The molecule has 49 heavy (non-hydrogen) atoms. The van der Waals surface area contributed by atoms with E-state index in [0.717, 1.165) is 40.2 Å². The maximum Gasteiger partial charge on any atom is 0.300 e. The summed E-state index contributed by atoms with van der Waals surface area (Å²) in [6.07, 6.45) is 0. The molecular formula is C34H24N6O7S2. The highest BCUT2D eigenvalue weighted by Gasteiger charge is 2.29. The van der Waals surface area contributed by atoms with Gasteiger partial charge in [-0.2, -0.15) is 0 Å². The van der Waals surface area contributed by atoms with Crippen LogP contribution in [0.25, 0.3) is 22.4 Å². The molecule has 0 unspecified atom stereocenters. The van der Waals surface area contributed by atoms with Crippen LogP contribution in [0, 0.1) is 20.2 Å². The van der Waals surface area contributed by atoms with Gasteiger partial charge in [-0.25, -0.2) is 13.4 Å². The molecule has 0 fully saturated rings. The largest absolute Gasteiger partial charge is 0.344 e. The minimum Gasteiger partial charge on any atom is -0.344 e. The van der Waals surface area contributed by atoms with E-state index in [4.69, 9.17) is 0 Å². The number of rotatable bonds is 11. The van der Waals surface area contributed by atoms with Crippen molar-refractivity contribution < 1.29 is 23.1 Å². The average molecular weight is 693 g/mol. The molecule has 0 aliphatic carbocycles. The predicted octanol–water partition coefficient (Wildman–Crippen LogP) is 8.09. The smallest absolute Gasteiger partial charge is 0.300 e. The number of benzene rings is 5. The van der Waals surface area contributed by atoms with Gasteiger partial charge in [0.2, 0.25) is 0 Å². The van der Waals surface area contributed by atoms with Crippen molar-refractivity contribution in [2.24, 2.45) is 0 Å². The predicted molar refractivity (Wildman–Crippen MR) is 188 cm³/mol. The summed E-state index contributed by atoms with van der Waals surface area (Å²) in [4.78, 5) is 39.8. The second kappa shape index (κ2) is 13.7. The summed E-state index contributed by atoms with van der Waals surface area (Å²) >= 11 is 1.12. The number of nitrogens with zero attached hydrogens (tertiary/aromatic N) is 3. The summed E-state index contributed by atoms with van der Waals surface area (Å²) in [5, 5.41) is 31.2. The Labute approximate surface area is 283 Å². The number of carbonyl (C=O) groups excluding carboxylic acids is 1. The first kappa shape index (κ1) is 32.5. The first-order valence-electron chi connectivity index (χ1n) is 14.4. The van der Waals surface area contributed by atoms with Gasteiger partial charge in [0.05, 0.1) is 26.0 Å². The second-order valence-corrected chi connectivity index (χ2v) is 13.0. The Morgan fingerprint density at radius 3 is 1.80 bits per heavy atom. The van der Waals surface area contributed by atoms with Crippen LogP contribution in [-0.4, -0.2) is 29.2 Å². The van der Waals surface area contributed by atoms with E-state index < -0.39 is 42.8 Å². The van der Waals surface area contributed by atoms with Crippen molar-refractivity contribution in [3.63, 3.8) is 0 Å². The molecule has 0 saturated heterocycles. The van der Waals surface area contributed by atoms with Gasteiger partial charge in [0.1, 0.15) is 0 Å². The number of sulfonamides is 1. The lowest BCUT2D eigenvalue weighted by Gasteiger charge is -2.11. The van der Waals surface area contributed by atoms with E-state index in [2.05, 4.69) is 20.3 Å². The Morgan fingerprint density at radius 2 is 1.22 bits per heavy atom. The van der Waals surface area contributed by atoms with E-state index in [0.29, 0.717) is 11.4 Å². The molecule has 6 aromatic rings. The molecule has 0 saturated carbocycles. The van der Waals surface area contributed by atoms with Crippen molar-refractivity contribution in [3.8, 4) is 22.4 Å². The summed E-state index contributed by atoms with van der Waals surface area (Å²) in [5.41, 5.74) is 1.67. The van der Waals surface area contributed by atoms with Gasteiger partial charge in [-0.05, 0) is 47.5 Å². The highest BCUT2D eigenvalue weighted by Crippen LogP contribution is 2.38. The van der Waals surface area contributed by atoms with Crippen molar-refractivity contribution in [2.45, 2.75) is 4.90 Å². The van der Waals surface area contributed by atoms with Crippen molar-refractivity contribution >= 4 is 60.8 Å². The van der Waals surface area contributed by atoms with E-state index in [1.54, 1.807) is 29.6 Å². The molecule has 0 bridgehead atoms. The fourth-order valence-electron chi connectivity index (χ4n) is 4.84. The molecule has 1 amide bonds. The Morgan fingerprint density at radius 1 is 0.694 bits per heavy atom. The molecule has 0 aliphatic heterocycles. The number of nitro benzene ring substituents is 2. The summed E-state index contributed by atoms with van der Waals surface area (Å²) in [7, 11) is -4.03. The number of carbonyl (C=O) groups is 1. The topological polar surface area (TPSA) is 186 Å². The number of amides is 1. The molecule has 244 valence electrons. The van der Waals surface area contributed by atoms with Crippen LogP contribution in [0.4, 0.5) is 33.6 Å². The molecule has 13 nitrogen and oxygen atoms in total. The van der Waals surface area contributed by atoms with Crippen LogP contribution in [0.2, 0.25) is 0 Å². The maximum absolute atomic E-state index is 13.1. The highest BCUT2D eigenvalue weighted by atomic mass is 32.2. The minimum atomic E-state index is -4.03. The first-order valence-corrected chi connectivity index (χ1v) is 16.8.